The Kier molecular flexibility index (Phi) is 27.4. The van der Waals surface area contributed by atoms with Crippen LogP contribution in [0.5, 0.6) is 0 Å². The number of hydrogen-bond acceptors (Lipinski definition) is 4. The van der Waals surface area contributed by atoms with Gasteiger partial charge in [0.15, 0.2) is 0 Å². The molecule has 1 aromatic rings. The second-order valence-corrected chi connectivity index (χ2v) is 2.20. The Morgan fingerprint density at radius 1 is 0.933 bits per heavy atom. The summed E-state index contributed by atoms with van der Waals surface area (Å²) in [5.74, 6) is 0. The fourth-order valence-corrected chi connectivity index (χ4v) is 0.566. The minimum atomic E-state index is -2.92. The molecule has 0 bridgehead atoms. The summed E-state index contributed by atoms with van der Waals surface area (Å²) in [7, 11) is -2.92. The van der Waals surface area contributed by atoms with Gasteiger partial charge in [-0.2, -0.15) is 0 Å². The van der Waals surface area contributed by atoms with E-state index in [9.17, 15) is 0 Å². The van der Waals surface area contributed by atoms with Crippen LogP contribution < -0.4 is 109 Å². The second-order valence-electron chi connectivity index (χ2n) is 2.20. The molecule has 1 rings (SSSR count). The van der Waals surface area contributed by atoms with Crippen molar-refractivity contribution in [1.29, 1.82) is 0 Å². The van der Waals surface area contributed by atoms with Gasteiger partial charge in [0.2, 0.25) is 0 Å². The normalized spacial score (nSPS) is 6.67. The van der Waals surface area contributed by atoms with Crippen LogP contribution in [0.1, 0.15) is 5.56 Å². The zero-order valence-corrected chi connectivity index (χ0v) is 15.7. The van der Waals surface area contributed by atoms with Gasteiger partial charge in [0.25, 0.3) is 0 Å². The van der Waals surface area contributed by atoms with Gasteiger partial charge in [-0.1, -0.05) is 17.7 Å². The van der Waals surface area contributed by atoms with Crippen molar-refractivity contribution >= 4 is 13.0 Å². The van der Waals surface area contributed by atoms with Crippen molar-refractivity contribution in [2.45, 2.75) is 6.92 Å². The monoisotopic (exact) mass is 235 g/mol. The number of nitrogens with two attached hydrogens (primary N) is 1. The Labute approximate surface area is 157 Å². The smallest absolute Gasteiger partial charge is 0.907 e. The molecule has 8 heteroatoms. The molecule has 0 amide bonds. The summed E-state index contributed by atoms with van der Waals surface area (Å²) >= 11 is 0. The number of rotatable bonds is 0. The van der Waals surface area contributed by atoms with Crippen LogP contribution in [0.4, 0.5) is 5.69 Å². The van der Waals surface area contributed by atoms with Gasteiger partial charge in [-0.15, -0.1) is 0 Å². The van der Waals surface area contributed by atoms with Crippen LogP contribution in [-0.4, -0.2) is 7.32 Å². The first-order chi connectivity index (χ1) is 5.52. The molecule has 0 heterocycles. The quantitative estimate of drug-likeness (QED) is 0.356. The van der Waals surface area contributed by atoms with Crippen molar-refractivity contribution < 1.29 is 104 Å². The summed E-state index contributed by atoms with van der Waals surface area (Å²) in [6.07, 6.45) is 0. The Hall–Kier alpha value is 1.96. The molecule has 0 aromatic heterocycles. The fourth-order valence-electron chi connectivity index (χ4n) is 0.566. The molecule has 0 atom stereocenters. The average molecular weight is 235 g/mol. The van der Waals surface area contributed by atoms with E-state index in [-0.39, 0.29) is 88.7 Å². The number of nitrogen functional groups attached to an aromatic ring is 1. The maximum Gasteiger partial charge on any atom is 1.00 e. The Morgan fingerprint density at radius 3 is 1.40 bits per heavy atom. The summed E-state index contributed by atoms with van der Waals surface area (Å²) in [5, 5.41) is 25.2. The van der Waals surface area contributed by atoms with Crippen LogP contribution >= 0.6 is 0 Å². The van der Waals surface area contributed by atoms with Crippen LogP contribution in [0.25, 0.3) is 0 Å². The molecule has 4 nitrogen and oxygen atoms in total. The first kappa shape index (κ1) is 25.7. The number of benzene rings is 1. The molecule has 0 spiro atoms. The van der Waals surface area contributed by atoms with Crippen LogP contribution in [-0.2, 0) is 0 Å². The van der Waals surface area contributed by atoms with E-state index in [4.69, 9.17) is 20.8 Å². The first-order valence-corrected chi connectivity index (χ1v) is 3.32. The minimum absolute atomic E-state index is 0. The Morgan fingerprint density at radius 2 is 1.20 bits per heavy atom. The SMILES string of the molecule is Cc1ccc(N)cc1.[Na+].[Na+].[Na+].[O-]B([O-])[O-]. The molecule has 2 N–H and O–H groups in total. The van der Waals surface area contributed by atoms with E-state index in [1.165, 1.54) is 5.56 Å². The van der Waals surface area contributed by atoms with E-state index in [2.05, 4.69) is 0 Å². The van der Waals surface area contributed by atoms with Gasteiger partial charge in [-0.3, -0.25) is 7.32 Å². The molecule has 66 valence electrons. The maximum atomic E-state index is 8.42. The topological polar surface area (TPSA) is 95.2 Å². The third kappa shape index (κ3) is 21.7. The molecule has 0 saturated carbocycles. The van der Waals surface area contributed by atoms with Crippen LogP contribution in [0.3, 0.4) is 0 Å². The molecule has 0 unspecified atom stereocenters. The van der Waals surface area contributed by atoms with Crippen molar-refractivity contribution in [1.82, 2.24) is 0 Å². The van der Waals surface area contributed by atoms with E-state index in [1.807, 2.05) is 31.2 Å². The number of hydrogen-bond donors (Lipinski definition) is 1. The van der Waals surface area contributed by atoms with Gasteiger partial charge >= 0.3 is 88.7 Å². The van der Waals surface area contributed by atoms with Gasteiger partial charge in [-0.05, 0) is 19.1 Å². The van der Waals surface area contributed by atoms with Gasteiger partial charge in [0.1, 0.15) is 0 Å². The minimum Gasteiger partial charge on any atom is -0.907 e. The Balaban J connectivity index is -0.0000000779. The standard InChI is InChI=1S/C7H9N.BO3.3Na/c1-6-2-4-7(8)5-3-6;2-1(3)4;;;/h2-5H,8H2,1H3;;;;/q;-3;3*+1. The van der Waals surface area contributed by atoms with Crippen molar-refractivity contribution in [2.24, 2.45) is 0 Å². The number of aryl methyl sites for hydroxylation is 1. The summed E-state index contributed by atoms with van der Waals surface area (Å²) in [6.45, 7) is 2.04. The predicted molar refractivity (Wildman–Crippen MR) is 41.3 cm³/mol. The average Bonchev–Trinajstić information content (AvgIpc) is 1.94. The molecule has 0 aliphatic rings. The van der Waals surface area contributed by atoms with Crippen LogP contribution in [0.15, 0.2) is 24.3 Å². The molecular weight excluding hydrogens is 226 g/mol. The van der Waals surface area contributed by atoms with Crippen molar-refractivity contribution in [3.63, 3.8) is 0 Å². The summed E-state index contributed by atoms with van der Waals surface area (Å²) in [6, 6.07) is 7.79. The fraction of sp³-hybridized carbons (Fsp3) is 0.143. The zero-order valence-electron chi connectivity index (χ0n) is 9.69. The molecule has 0 aliphatic carbocycles. The van der Waals surface area contributed by atoms with Gasteiger partial charge in [0, 0.05) is 5.69 Å². The molecule has 15 heavy (non-hydrogen) atoms. The summed E-state index contributed by atoms with van der Waals surface area (Å²) in [4.78, 5) is 0. The van der Waals surface area contributed by atoms with E-state index >= 15 is 0 Å². The van der Waals surface area contributed by atoms with E-state index in [1.54, 1.807) is 0 Å². The molecule has 0 fully saturated rings. The van der Waals surface area contributed by atoms with Gasteiger partial charge in [-0.25, -0.2) is 0 Å². The Bertz CT molecular complexity index is 199. The number of anilines is 1. The zero-order chi connectivity index (χ0) is 9.56. The van der Waals surface area contributed by atoms with Crippen LogP contribution in [0.2, 0.25) is 0 Å². The van der Waals surface area contributed by atoms with E-state index in [0.29, 0.717) is 0 Å². The molecule has 0 aliphatic heterocycles. The van der Waals surface area contributed by atoms with E-state index in [0.717, 1.165) is 5.69 Å². The van der Waals surface area contributed by atoms with Gasteiger partial charge < -0.3 is 20.8 Å². The second kappa shape index (κ2) is 16.0. The molecule has 0 radical (unpaired) electrons. The first-order valence-electron chi connectivity index (χ1n) is 3.32. The third-order valence-corrected chi connectivity index (χ3v) is 1.08. The van der Waals surface area contributed by atoms with Crippen LogP contribution in [0, 0.1) is 6.92 Å². The van der Waals surface area contributed by atoms with Crippen molar-refractivity contribution in [3.05, 3.63) is 29.8 Å². The third-order valence-electron chi connectivity index (χ3n) is 1.08. The van der Waals surface area contributed by atoms with E-state index < -0.39 is 7.32 Å². The largest absolute Gasteiger partial charge is 1.00 e. The summed E-state index contributed by atoms with van der Waals surface area (Å²) in [5.41, 5.74) is 7.51. The van der Waals surface area contributed by atoms with Gasteiger partial charge in [0.05, 0.1) is 0 Å². The molecule has 0 saturated heterocycles. The maximum absolute atomic E-state index is 8.42. The predicted octanol–water partition coefficient (Wildman–Crippen LogP) is -11.4. The van der Waals surface area contributed by atoms with Crippen molar-refractivity contribution in [2.75, 3.05) is 5.73 Å². The van der Waals surface area contributed by atoms with Crippen molar-refractivity contribution in [3.8, 4) is 0 Å². The summed E-state index contributed by atoms with van der Waals surface area (Å²) < 4.78 is 0. The molecular formula is C7H9BNNa3O3. The molecule has 1 aromatic carbocycles.